The summed E-state index contributed by atoms with van der Waals surface area (Å²) in [5.41, 5.74) is 8.52. The van der Waals surface area contributed by atoms with E-state index in [9.17, 15) is 0 Å². The van der Waals surface area contributed by atoms with Crippen LogP contribution in [0.15, 0.2) is 67.1 Å². The van der Waals surface area contributed by atoms with E-state index in [1.54, 1.807) is 18.3 Å². The number of halogens is 3. The summed E-state index contributed by atoms with van der Waals surface area (Å²) in [5, 5.41) is 0.558. The van der Waals surface area contributed by atoms with Gasteiger partial charge in [0, 0.05) is 23.8 Å². The van der Waals surface area contributed by atoms with Crippen molar-refractivity contribution in [2.75, 3.05) is 16.5 Å². The number of aromatic nitrogens is 1. The Bertz CT molecular complexity index is 1040. The van der Waals surface area contributed by atoms with Crippen LogP contribution >= 0.6 is 11.6 Å². The Morgan fingerprint density at radius 3 is 1.23 bits per heavy atom. The topological polar surface area (TPSA) is 19.4 Å². The number of pyridine rings is 1. The Kier molecular flexibility index (Phi) is 16.6. The minimum atomic E-state index is 0. The molecule has 0 bridgehead atoms. The average molecular weight is 680 g/mol. The van der Waals surface area contributed by atoms with Gasteiger partial charge in [-0.25, -0.2) is 0 Å². The van der Waals surface area contributed by atoms with E-state index in [0.717, 1.165) is 6.67 Å². The monoisotopic (exact) mass is 678 g/mol. The second kappa shape index (κ2) is 17.3. The second-order valence-corrected chi connectivity index (χ2v) is 11.1. The number of rotatable bonds is 6. The molecule has 3 nitrogen and oxygen atoms in total. The van der Waals surface area contributed by atoms with E-state index in [1.807, 2.05) is 0 Å². The van der Waals surface area contributed by atoms with E-state index in [2.05, 4.69) is 125 Å². The van der Waals surface area contributed by atoms with Crippen LogP contribution in [0.4, 0.5) is 11.4 Å². The molecule has 0 radical (unpaired) electrons. The van der Waals surface area contributed by atoms with Crippen LogP contribution in [0, 0.1) is 6.20 Å². The van der Waals surface area contributed by atoms with E-state index in [0.29, 0.717) is 28.7 Å². The van der Waals surface area contributed by atoms with Gasteiger partial charge in [0.1, 0.15) is 0 Å². The van der Waals surface area contributed by atoms with Crippen molar-refractivity contribution in [3.63, 3.8) is 0 Å². The number of hydrogen-bond donors (Lipinski definition) is 0. The summed E-state index contributed by atoms with van der Waals surface area (Å²) >= 11 is 5.42. The summed E-state index contributed by atoms with van der Waals surface area (Å²) in [7, 11) is 0. The van der Waals surface area contributed by atoms with Gasteiger partial charge in [-0.1, -0.05) is 109 Å². The zero-order valence-corrected chi connectivity index (χ0v) is 28.0. The fraction of sp³-hybridized carbons (Fsp3) is 0.406. The average Bonchev–Trinajstić information content (AvgIpc) is 3.33. The summed E-state index contributed by atoms with van der Waals surface area (Å²) < 4.78 is 0. The maximum Gasteiger partial charge on any atom is 2.00 e. The normalized spacial score (nSPS) is 12.2. The predicted octanol–water partition coefficient (Wildman–Crippen LogP) is 3.48. The van der Waals surface area contributed by atoms with Crippen molar-refractivity contribution in [2.24, 2.45) is 0 Å². The molecule has 1 aromatic heterocycles. The Morgan fingerprint density at radius 1 is 0.641 bits per heavy atom. The quantitative estimate of drug-likeness (QED) is 0.294. The van der Waals surface area contributed by atoms with Gasteiger partial charge in [0.2, 0.25) is 0 Å². The standard InChI is InChI=1S/C27H38N2.C5H3ClN.2ClH.Pd/c1-18(2)22-11-9-12-23(19(3)4)26(22)28-15-16-29(17-28)27-24(20(5)6)13-10-14-25(27)21(7)8;6-5-2-1-3-7-4-5;;;/h9-16,18-21H,17H2,1-8H3;1-3H;2*1H;/q;-1;;;+2/p-2. The molecule has 3 aromatic rings. The van der Waals surface area contributed by atoms with Gasteiger partial charge in [-0.2, -0.15) is 6.07 Å². The molecule has 1 aliphatic heterocycles. The third-order valence-corrected chi connectivity index (χ3v) is 6.78. The van der Waals surface area contributed by atoms with Gasteiger partial charge >= 0.3 is 20.4 Å². The van der Waals surface area contributed by atoms with Crippen molar-refractivity contribution in [2.45, 2.75) is 79.1 Å². The van der Waals surface area contributed by atoms with Crippen LogP contribution in [0.5, 0.6) is 0 Å². The Balaban J connectivity index is 0.00000126. The molecule has 4 rings (SSSR count). The van der Waals surface area contributed by atoms with Gasteiger partial charge in [0.25, 0.3) is 0 Å². The zero-order chi connectivity index (χ0) is 26.4. The van der Waals surface area contributed by atoms with Gasteiger partial charge in [0.05, 0.1) is 6.67 Å². The van der Waals surface area contributed by atoms with Crippen LogP contribution in [0.3, 0.4) is 0 Å². The Labute approximate surface area is 267 Å². The van der Waals surface area contributed by atoms with Crippen molar-refractivity contribution >= 4 is 23.0 Å². The maximum absolute atomic E-state index is 5.42. The molecular weight excluding hydrogens is 639 g/mol. The van der Waals surface area contributed by atoms with Crippen molar-refractivity contribution in [3.05, 3.63) is 101 Å². The van der Waals surface area contributed by atoms with Crippen LogP contribution in [0.25, 0.3) is 0 Å². The largest absolute Gasteiger partial charge is 2.00 e. The predicted molar refractivity (Wildman–Crippen MR) is 156 cm³/mol. The van der Waals surface area contributed by atoms with Crippen LogP contribution in [0.1, 0.15) is 101 Å². The fourth-order valence-corrected chi connectivity index (χ4v) is 4.82. The molecule has 0 saturated carbocycles. The molecule has 0 aliphatic carbocycles. The molecule has 0 spiro atoms. The molecule has 0 atom stereocenters. The minimum Gasteiger partial charge on any atom is -1.00 e. The van der Waals surface area contributed by atoms with Crippen LogP contribution < -0.4 is 34.6 Å². The third-order valence-electron chi connectivity index (χ3n) is 6.57. The SMILES string of the molecule is CC(C)c1cccc(C(C)C)c1N1C=CN(c2c(C(C)C)cccc2C(C)C)C1.Clc1[c-]nccc1.[Cl-].[Cl-].[Pd+2]. The summed E-state index contributed by atoms with van der Waals surface area (Å²) in [5.74, 6) is 2.00. The van der Waals surface area contributed by atoms with Gasteiger partial charge in [-0.05, 0) is 45.9 Å². The van der Waals surface area contributed by atoms with E-state index in [1.165, 1.54) is 33.6 Å². The summed E-state index contributed by atoms with van der Waals surface area (Å²) in [6.45, 7) is 19.2. The van der Waals surface area contributed by atoms with Crippen LogP contribution in [0.2, 0.25) is 5.02 Å². The fourth-order valence-electron chi connectivity index (χ4n) is 4.70. The molecule has 2 aromatic carbocycles. The summed E-state index contributed by atoms with van der Waals surface area (Å²) in [6, 6.07) is 17.1. The molecule has 1 aliphatic rings. The van der Waals surface area contributed by atoms with Crippen molar-refractivity contribution in [1.82, 2.24) is 4.98 Å². The molecule has 0 saturated heterocycles. The van der Waals surface area contributed by atoms with Gasteiger partial charge in [-0.15, -0.1) is 17.7 Å². The first-order chi connectivity index (χ1) is 17.1. The van der Waals surface area contributed by atoms with Crippen molar-refractivity contribution < 1.29 is 45.2 Å². The number of benzene rings is 2. The van der Waals surface area contributed by atoms with Gasteiger partial charge in [0.15, 0.2) is 0 Å². The number of anilines is 2. The first kappa shape index (κ1) is 37.5. The van der Waals surface area contributed by atoms with Gasteiger partial charge in [-0.3, -0.25) is 0 Å². The minimum absolute atomic E-state index is 0. The van der Waals surface area contributed by atoms with Gasteiger partial charge < -0.3 is 39.6 Å². The molecular formula is C32H41Cl3N3Pd-. The summed E-state index contributed by atoms with van der Waals surface area (Å²) in [6.07, 6.45) is 8.72. The Hall–Kier alpha value is -1.54. The number of hydrogen-bond acceptors (Lipinski definition) is 3. The number of para-hydroxylation sites is 2. The van der Waals surface area contributed by atoms with E-state index in [-0.39, 0.29) is 45.2 Å². The van der Waals surface area contributed by atoms with E-state index >= 15 is 0 Å². The third kappa shape index (κ3) is 9.52. The number of nitrogens with zero attached hydrogens (tertiary/aromatic N) is 3. The smallest absolute Gasteiger partial charge is 1.00 e. The molecule has 0 unspecified atom stereocenters. The molecule has 216 valence electrons. The first-order valence-corrected chi connectivity index (χ1v) is 13.4. The molecule has 0 N–H and O–H groups in total. The first-order valence-electron chi connectivity index (χ1n) is 13.1. The molecule has 0 fully saturated rings. The van der Waals surface area contributed by atoms with Crippen LogP contribution in [-0.4, -0.2) is 11.7 Å². The molecule has 39 heavy (non-hydrogen) atoms. The van der Waals surface area contributed by atoms with Crippen LogP contribution in [-0.2, 0) is 20.4 Å². The molecule has 7 heteroatoms. The molecule has 0 amide bonds. The van der Waals surface area contributed by atoms with E-state index < -0.39 is 0 Å². The summed E-state index contributed by atoms with van der Waals surface area (Å²) in [4.78, 5) is 8.53. The zero-order valence-electron chi connectivity index (χ0n) is 24.2. The van der Waals surface area contributed by atoms with Crippen molar-refractivity contribution in [1.29, 1.82) is 0 Å². The maximum atomic E-state index is 5.42. The second-order valence-electron chi connectivity index (χ2n) is 10.7. The van der Waals surface area contributed by atoms with E-state index in [4.69, 9.17) is 11.6 Å². The Morgan fingerprint density at radius 2 is 1.00 bits per heavy atom. The van der Waals surface area contributed by atoms with Crippen molar-refractivity contribution in [3.8, 4) is 0 Å². The molecule has 2 heterocycles.